The molecular weight excluding hydrogens is 825 g/mol. The maximum Gasteiger partial charge on any atom is 0.257 e. The van der Waals surface area contributed by atoms with Gasteiger partial charge < -0.3 is 31.5 Å². The zero-order chi connectivity index (χ0) is 41.9. The van der Waals surface area contributed by atoms with Crippen molar-refractivity contribution < 1.29 is 28.0 Å². The number of hydrogen-bond acceptors (Lipinski definition) is 8. The van der Waals surface area contributed by atoms with Gasteiger partial charge in [-0.05, 0) is 109 Å². The standard InChI is InChI=1S/C23H21ClFN5O2.C19H12Cl2FN3O2/c24-19-7-6-18(13-20(19)29-22(31)15-1-4-17(25)5-2-15)28-23(32)16-3-8-21(27-14-16)30-11-9-26-10-12-30;20-15-7-6-14(24-19(27)12-3-8-17(21)23-10-12)9-16(15)25-18(26)11-1-4-13(22)5-2-11/h1-8,13-14,26H,9-12H2,(H,28,32)(H,29,31);1-10H,(H,24,27)(H,25,26). The summed E-state index contributed by atoms with van der Waals surface area (Å²) in [6.45, 7) is 3.55. The molecule has 300 valence electrons. The van der Waals surface area contributed by atoms with E-state index in [4.69, 9.17) is 34.8 Å². The van der Waals surface area contributed by atoms with E-state index in [-0.39, 0.29) is 27.2 Å². The molecule has 0 spiro atoms. The summed E-state index contributed by atoms with van der Waals surface area (Å²) in [4.78, 5) is 60.0. The van der Waals surface area contributed by atoms with E-state index >= 15 is 0 Å². The van der Waals surface area contributed by atoms with E-state index < -0.39 is 29.4 Å². The lowest BCUT2D eigenvalue weighted by atomic mass is 10.2. The third-order valence-corrected chi connectivity index (χ3v) is 9.48. The minimum absolute atomic E-state index is 0.272. The fourth-order valence-electron chi connectivity index (χ4n) is 5.51. The molecule has 0 aliphatic carbocycles. The second-order valence-electron chi connectivity index (χ2n) is 12.7. The highest BCUT2D eigenvalue weighted by atomic mass is 35.5. The molecule has 5 N–H and O–H groups in total. The van der Waals surface area contributed by atoms with Crippen molar-refractivity contribution in [2.75, 3.05) is 52.3 Å². The zero-order valence-electron chi connectivity index (χ0n) is 30.7. The summed E-state index contributed by atoms with van der Waals surface area (Å²) < 4.78 is 26.0. The van der Waals surface area contributed by atoms with E-state index in [0.717, 1.165) is 32.0 Å². The summed E-state index contributed by atoms with van der Waals surface area (Å²) in [6.07, 6.45) is 2.89. The number of halogens is 5. The molecule has 0 atom stereocenters. The van der Waals surface area contributed by atoms with Crippen molar-refractivity contribution in [1.82, 2.24) is 15.3 Å². The molecule has 4 amide bonds. The number of carbonyl (C=O) groups is 4. The molecule has 0 saturated carbocycles. The minimum Gasteiger partial charge on any atom is -0.354 e. The molecule has 17 heteroatoms. The number of carbonyl (C=O) groups excluding carboxylic acids is 4. The van der Waals surface area contributed by atoms with Crippen LogP contribution >= 0.6 is 34.8 Å². The SMILES string of the molecule is O=C(Nc1ccc(Cl)c(NC(=O)c2ccc(F)cc2)c1)c1ccc(Cl)nc1.O=C(Nc1ccc(Cl)c(NC(=O)c2ccc(F)cc2)c1)c1ccc(N2CCNCC2)nc1. The molecule has 1 aliphatic heterocycles. The summed E-state index contributed by atoms with van der Waals surface area (Å²) in [5.74, 6) is -1.66. The van der Waals surface area contributed by atoms with Crippen molar-refractivity contribution in [2.24, 2.45) is 0 Å². The highest BCUT2D eigenvalue weighted by Crippen LogP contribution is 2.28. The van der Waals surface area contributed by atoms with Crippen LogP contribution in [0.5, 0.6) is 0 Å². The maximum atomic E-state index is 13.1. The lowest BCUT2D eigenvalue weighted by Gasteiger charge is -2.28. The number of pyridine rings is 2. The molecule has 3 heterocycles. The third kappa shape index (κ3) is 11.8. The number of benzene rings is 4. The van der Waals surface area contributed by atoms with E-state index in [9.17, 15) is 28.0 Å². The van der Waals surface area contributed by atoms with Crippen LogP contribution < -0.4 is 31.5 Å². The Morgan fingerprint density at radius 3 is 1.37 bits per heavy atom. The van der Waals surface area contributed by atoms with E-state index in [1.807, 2.05) is 6.07 Å². The van der Waals surface area contributed by atoms with Crippen molar-refractivity contribution in [2.45, 2.75) is 0 Å². The number of anilines is 5. The van der Waals surface area contributed by atoms with Crippen LogP contribution in [0.4, 0.5) is 37.3 Å². The van der Waals surface area contributed by atoms with E-state index in [1.165, 1.54) is 79.0 Å². The van der Waals surface area contributed by atoms with Crippen molar-refractivity contribution in [1.29, 1.82) is 0 Å². The quantitative estimate of drug-likeness (QED) is 0.0904. The molecule has 4 aromatic carbocycles. The van der Waals surface area contributed by atoms with E-state index in [2.05, 4.69) is 41.5 Å². The lowest BCUT2D eigenvalue weighted by Crippen LogP contribution is -2.43. The van der Waals surface area contributed by atoms with Crippen LogP contribution in [-0.2, 0) is 0 Å². The first kappa shape index (κ1) is 42.2. The van der Waals surface area contributed by atoms with Crippen LogP contribution in [0.1, 0.15) is 41.4 Å². The summed E-state index contributed by atoms with van der Waals surface area (Å²) in [5.41, 5.74) is 2.81. The smallest absolute Gasteiger partial charge is 0.257 e. The third-order valence-electron chi connectivity index (χ3n) is 8.60. The molecule has 1 aliphatic rings. The Kier molecular flexibility index (Phi) is 14.2. The largest absolute Gasteiger partial charge is 0.354 e. The van der Waals surface area contributed by atoms with Gasteiger partial charge in [-0.3, -0.25) is 19.2 Å². The average molecular weight is 858 g/mol. The average Bonchev–Trinajstić information content (AvgIpc) is 3.24. The zero-order valence-corrected chi connectivity index (χ0v) is 33.0. The first-order chi connectivity index (χ1) is 28.4. The maximum absolute atomic E-state index is 13.1. The Morgan fingerprint density at radius 2 is 0.949 bits per heavy atom. The first-order valence-corrected chi connectivity index (χ1v) is 18.9. The first-order valence-electron chi connectivity index (χ1n) is 17.8. The lowest BCUT2D eigenvalue weighted by molar-refractivity contribution is 0.101. The predicted octanol–water partition coefficient (Wildman–Crippen LogP) is 8.82. The molecular formula is C42H33Cl3F2N8O4. The van der Waals surface area contributed by atoms with Crippen LogP contribution in [-0.4, -0.2) is 59.8 Å². The van der Waals surface area contributed by atoms with E-state index in [0.29, 0.717) is 38.9 Å². The van der Waals surface area contributed by atoms with Gasteiger partial charge in [0.1, 0.15) is 22.6 Å². The van der Waals surface area contributed by atoms with Gasteiger partial charge in [-0.2, -0.15) is 0 Å². The highest BCUT2D eigenvalue weighted by Gasteiger charge is 2.16. The summed E-state index contributed by atoms with van der Waals surface area (Å²) in [6, 6.07) is 26.3. The van der Waals surface area contributed by atoms with Crippen LogP contribution in [0, 0.1) is 11.6 Å². The van der Waals surface area contributed by atoms with Crippen molar-refractivity contribution in [3.63, 3.8) is 0 Å². The summed E-state index contributed by atoms with van der Waals surface area (Å²) in [5, 5.41) is 14.9. The number of rotatable bonds is 9. The fraction of sp³-hybridized carbons (Fsp3) is 0.0952. The second-order valence-corrected chi connectivity index (χ2v) is 13.9. The van der Waals surface area contributed by atoms with Gasteiger partial charge in [0.05, 0.1) is 32.5 Å². The summed E-state index contributed by atoms with van der Waals surface area (Å²) >= 11 is 18.0. The Labute approximate surface area is 351 Å². The van der Waals surface area contributed by atoms with Crippen molar-refractivity contribution in [3.8, 4) is 0 Å². The number of piperazine rings is 1. The van der Waals surface area contributed by atoms with Gasteiger partial charge in [0, 0.05) is 61.1 Å². The van der Waals surface area contributed by atoms with Gasteiger partial charge >= 0.3 is 0 Å². The van der Waals surface area contributed by atoms with Gasteiger partial charge in [-0.1, -0.05) is 34.8 Å². The molecule has 1 fully saturated rings. The Balaban J connectivity index is 0.000000201. The number of aromatic nitrogens is 2. The molecule has 2 aromatic heterocycles. The second kappa shape index (κ2) is 19.8. The monoisotopic (exact) mass is 856 g/mol. The Morgan fingerprint density at radius 1 is 0.525 bits per heavy atom. The Bertz CT molecular complexity index is 2450. The molecule has 0 unspecified atom stereocenters. The van der Waals surface area contributed by atoms with Crippen molar-refractivity contribution in [3.05, 3.63) is 171 Å². The minimum atomic E-state index is -0.456. The molecule has 0 radical (unpaired) electrons. The van der Waals surface area contributed by atoms with Gasteiger partial charge in [-0.15, -0.1) is 0 Å². The normalized spacial score (nSPS) is 12.1. The van der Waals surface area contributed by atoms with Crippen LogP contribution in [0.15, 0.2) is 122 Å². The van der Waals surface area contributed by atoms with Crippen LogP contribution in [0.2, 0.25) is 15.2 Å². The predicted molar refractivity (Wildman–Crippen MR) is 226 cm³/mol. The highest BCUT2D eigenvalue weighted by molar-refractivity contribution is 6.34. The fourth-order valence-corrected chi connectivity index (χ4v) is 5.95. The number of nitrogens with zero attached hydrogens (tertiary/aromatic N) is 3. The molecule has 7 rings (SSSR count). The summed E-state index contributed by atoms with van der Waals surface area (Å²) in [7, 11) is 0. The Hall–Kier alpha value is -6.45. The van der Waals surface area contributed by atoms with Gasteiger partial charge in [0.15, 0.2) is 0 Å². The van der Waals surface area contributed by atoms with E-state index in [1.54, 1.807) is 36.5 Å². The number of nitrogens with one attached hydrogen (secondary N) is 5. The molecule has 12 nitrogen and oxygen atoms in total. The van der Waals surface area contributed by atoms with Crippen molar-refractivity contribution >= 4 is 87.0 Å². The molecule has 0 bridgehead atoms. The number of amides is 4. The topological polar surface area (TPSA) is 157 Å². The van der Waals surface area contributed by atoms with Gasteiger partial charge in [-0.25, -0.2) is 18.7 Å². The van der Waals surface area contributed by atoms with Crippen LogP contribution in [0.3, 0.4) is 0 Å². The molecule has 1 saturated heterocycles. The van der Waals surface area contributed by atoms with Gasteiger partial charge in [0.25, 0.3) is 23.6 Å². The van der Waals surface area contributed by atoms with Gasteiger partial charge in [0.2, 0.25) is 0 Å². The molecule has 59 heavy (non-hydrogen) atoms. The molecule has 6 aromatic rings. The van der Waals surface area contributed by atoms with Crippen LogP contribution in [0.25, 0.3) is 0 Å². The number of hydrogen-bond donors (Lipinski definition) is 5.